The van der Waals surface area contributed by atoms with Crippen LogP contribution >= 0.6 is 0 Å². The number of rotatable bonds is 3. The van der Waals surface area contributed by atoms with E-state index in [0.717, 1.165) is 50.0 Å². The molecule has 0 aliphatic carbocycles. The van der Waals surface area contributed by atoms with Crippen LogP contribution in [0.5, 0.6) is 0 Å². The Morgan fingerprint density at radius 2 is 0.974 bits per heavy atom. The van der Waals surface area contributed by atoms with Crippen LogP contribution in [0.15, 0.2) is 140 Å². The van der Waals surface area contributed by atoms with Crippen LogP contribution in [0.2, 0.25) is 0 Å². The van der Waals surface area contributed by atoms with Gasteiger partial charge in [-0.1, -0.05) is 109 Å². The number of aromatic nitrogens is 3. The van der Waals surface area contributed by atoms with E-state index in [1.165, 1.54) is 21.8 Å². The normalized spacial score (nSPS) is 11.6. The molecule has 6 aromatic carbocycles. The molecule has 8 aromatic rings. The molecule has 0 spiro atoms. The Morgan fingerprint density at radius 3 is 1.62 bits per heavy atom. The van der Waals surface area contributed by atoms with Crippen molar-refractivity contribution in [1.29, 1.82) is 0 Å². The van der Waals surface area contributed by atoms with Crippen molar-refractivity contribution in [1.82, 2.24) is 14.5 Å². The summed E-state index contributed by atoms with van der Waals surface area (Å²) in [6.07, 6.45) is 0. The summed E-state index contributed by atoms with van der Waals surface area (Å²) < 4.78 is 2.35. The molecule has 0 aliphatic heterocycles. The fraction of sp³-hybridized carbons (Fsp3) is 0. The lowest BCUT2D eigenvalue weighted by Gasteiger charge is -2.13. The summed E-state index contributed by atoms with van der Waals surface area (Å²) in [4.78, 5) is 10.5. The number of benzene rings is 6. The van der Waals surface area contributed by atoms with Crippen molar-refractivity contribution in [2.24, 2.45) is 0 Å². The van der Waals surface area contributed by atoms with Crippen LogP contribution < -0.4 is 0 Å². The topological polar surface area (TPSA) is 30.7 Å². The second-order valence-corrected chi connectivity index (χ2v) is 9.86. The van der Waals surface area contributed by atoms with Gasteiger partial charge in [-0.2, -0.15) is 0 Å². The molecule has 0 aliphatic rings. The zero-order chi connectivity index (χ0) is 25.8. The van der Waals surface area contributed by atoms with E-state index in [4.69, 9.17) is 9.97 Å². The molecular weight excluding hydrogens is 474 g/mol. The van der Waals surface area contributed by atoms with Gasteiger partial charge < -0.3 is 4.57 Å². The first-order chi connectivity index (χ1) is 19.3. The van der Waals surface area contributed by atoms with Crippen LogP contribution in [0.1, 0.15) is 0 Å². The standard InChI is InChI=1S/C36H23N3/c1-3-11-25(12-4-1)34-35(26-13-5-2-6-14-26)38-36-30-23-27(21-19-24(30)20-22-31(36)37-34)39-32-17-9-7-15-28(32)29-16-8-10-18-33(29)39/h1-23H. The molecule has 182 valence electrons. The predicted octanol–water partition coefficient (Wildman–Crippen LogP) is 9.21. The van der Waals surface area contributed by atoms with Crippen LogP contribution in [0.25, 0.3) is 71.8 Å². The highest BCUT2D eigenvalue weighted by molar-refractivity contribution is 6.10. The predicted molar refractivity (Wildman–Crippen MR) is 162 cm³/mol. The number of fused-ring (bicyclic) bond motifs is 6. The van der Waals surface area contributed by atoms with Gasteiger partial charge in [-0.25, -0.2) is 9.97 Å². The third kappa shape index (κ3) is 3.44. The van der Waals surface area contributed by atoms with Gasteiger partial charge in [0.1, 0.15) is 0 Å². The van der Waals surface area contributed by atoms with E-state index in [0.29, 0.717) is 0 Å². The molecule has 8 rings (SSSR count). The average molecular weight is 498 g/mol. The number of nitrogens with zero attached hydrogens (tertiary/aromatic N) is 3. The number of hydrogen-bond acceptors (Lipinski definition) is 2. The smallest absolute Gasteiger partial charge is 0.0973 e. The maximum absolute atomic E-state index is 5.33. The second kappa shape index (κ2) is 8.64. The summed E-state index contributed by atoms with van der Waals surface area (Å²) >= 11 is 0. The Bertz CT molecular complexity index is 2110. The molecule has 0 bridgehead atoms. The summed E-state index contributed by atoms with van der Waals surface area (Å²) in [6, 6.07) is 48.8. The van der Waals surface area contributed by atoms with E-state index in [9.17, 15) is 0 Å². The van der Waals surface area contributed by atoms with Gasteiger partial charge in [0.2, 0.25) is 0 Å². The minimum Gasteiger partial charge on any atom is -0.309 e. The molecule has 2 heterocycles. The Hall–Kier alpha value is -5.28. The molecule has 0 radical (unpaired) electrons. The summed E-state index contributed by atoms with van der Waals surface area (Å²) in [5, 5.41) is 4.75. The van der Waals surface area contributed by atoms with E-state index in [-0.39, 0.29) is 0 Å². The van der Waals surface area contributed by atoms with Gasteiger partial charge in [0.15, 0.2) is 0 Å². The van der Waals surface area contributed by atoms with Crippen LogP contribution in [-0.2, 0) is 0 Å². The Morgan fingerprint density at radius 1 is 0.436 bits per heavy atom. The van der Waals surface area contributed by atoms with Gasteiger partial charge in [0.05, 0.1) is 33.5 Å². The van der Waals surface area contributed by atoms with E-state index in [1.54, 1.807) is 0 Å². The maximum Gasteiger partial charge on any atom is 0.0973 e. The van der Waals surface area contributed by atoms with Crippen LogP contribution in [-0.4, -0.2) is 14.5 Å². The zero-order valence-electron chi connectivity index (χ0n) is 21.1. The molecule has 0 atom stereocenters. The summed E-state index contributed by atoms with van der Waals surface area (Å²) in [5.41, 5.74) is 9.21. The first-order valence-electron chi connectivity index (χ1n) is 13.2. The second-order valence-electron chi connectivity index (χ2n) is 9.86. The summed E-state index contributed by atoms with van der Waals surface area (Å²) in [7, 11) is 0. The van der Waals surface area contributed by atoms with Crippen LogP contribution in [0.3, 0.4) is 0 Å². The van der Waals surface area contributed by atoms with Crippen molar-refractivity contribution < 1.29 is 0 Å². The lowest BCUT2D eigenvalue weighted by Crippen LogP contribution is -1.97. The molecule has 3 heteroatoms. The molecule has 3 nitrogen and oxygen atoms in total. The van der Waals surface area contributed by atoms with E-state index in [2.05, 4.69) is 120 Å². The molecule has 0 fully saturated rings. The molecule has 2 aromatic heterocycles. The largest absolute Gasteiger partial charge is 0.309 e. The van der Waals surface area contributed by atoms with E-state index < -0.39 is 0 Å². The quantitative estimate of drug-likeness (QED) is 0.228. The minimum atomic E-state index is 0.889. The van der Waals surface area contributed by atoms with Gasteiger partial charge in [0, 0.05) is 33.0 Å². The van der Waals surface area contributed by atoms with Crippen molar-refractivity contribution in [2.75, 3.05) is 0 Å². The lowest BCUT2D eigenvalue weighted by atomic mass is 10.0. The van der Waals surface area contributed by atoms with Crippen molar-refractivity contribution in [3.63, 3.8) is 0 Å². The van der Waals surface area contributed by atoms with Crippen molar-refractivity contribution in [3.05, 3.63) is 140 Å². The van der Waals surface area contributed by atoms with E-state index in [1.807, 2.05) is 24.3 Å². The SMILES string of the molecule is c1ccc(-c2nc3ccc4ccc(-n5c6ccccc6c6ccccc65)cc4c3nc2-c2ccccc2)cc1. The lowest BCUT2D eigenvalue weighted by molar-refractivity contribution is 1.19. The Kier molecular flexibility index (Phi) is 4.82. The van der Waals surface area contributed by atoms with Gasteiger partial charge in [-0.3, -0.25) is 0 Å². The van der Waals surface area contributed by atoms with Crippen molar-refractivity contribution >= 4 is 43.6 Å². The minimum absolute atomic E-state index is 0.889. The first-order valence-corrected chi connectivity index (χ1v) is 13.2. The van der Waals surface area contributed by atoms with Gasteiger partial charge in [0.25, 0.3) is 0 Å². The molecule has 0 N–H and O–H groups in total. The number of para-hydroxylation sites is 2. The highest BCUT2D eigenvalue weighted by atomic mass is 15.0. The fourth-order valence-electron chi connectivity index (χ4n) is 5.76. The fourth-order valence-corrected chi connectivity index (χ4v) is 5.76. The van der Waals surface area contributed by atoms with Gasteiger partial charge >= 0.3 is 0 Å². The molecule has 0 saturated heterocycles. The molecular formula is C36H23N3. The van der Waals surface area contributed by atoms with Crippen LogP contribution in [0, 0.1) is 0 Å². The Labute approximate surface area is 225 Å². The number of hydrogen-bond donors (Lipinski definition) is 0. The zero-order valence-corrected chi connectivity index (χ0v) is 21.1. The summed E-state index contributed by atoms with van der Waals surface area (Å²) in [5.74, 6) is 0. The monoisotopic (exact) mass is 497 g/mol. The van der Waals surface area contributed by atoms with Crippen molar-refractivity contribution in [2.45, 2.75) is 0 Å². The highest BCUT2D eigenvalue weighted by Gasteiger charge is 2.16. The molecule has 39 heavy (non-hydrogen) atoms. The maximum atomic E-state index is 5.33. The average Bonchev–Trinajstić information content (AvgIpc) is 3.35. The highest BCUT2D eigenvalue weighted by Crippen LogP contribution is 2.36. The first kappa shape index (κ1) is 21.8. The molecule has 0 saturated carbocycles. The molecule has 0 amide bonds. The third-order valence-electron chi connectivity index (χ3n) is 7.57. The third-order valence-corrected chi connectivity index (χ3v) is 7.57. The van der Waals surface area contributed by atoms with Gasteiger partial charge in [-0.05, 0) is 35.7 Å². The van der Waals surface area contributed by atoms with Crippen LogP contribution in [0.4, 0.5) is 0 Å². The van der Waals surface area contributed by atoms with Crippen molar-refractivity contribution in [3.8, 4) is 28.2 Å². The van der Waals surface area contributed by atoms with E-state index >= 15 is 0 Å². The Balaban J connectivity index is 1.44. The summed E-state index contributed by atoms with van der Waals surface area (Å²) in [6.45, 7) is 0. The van der Waals surface area contributed by atoms with Gasteiger partial charge in [-0.15, -0.1) is 0 Å². The molecule has 0 unspecified atom stereocenters.